The first-order valence-electron chi connectivity index (χ1n) is 8.83. The summed E-state index contributed by atoms with van der Waals surface area (Å²) in [6.45, 7) is 3.89. The maximum absolute atomic E-state index is 13.0. The van der Waals surface area contributed by atoms with Gasteiger partial charge in [-0.05, 0) is 48.9 Å². The lowest BCUT2D eigenvalue weighted by molar-refractivity contribution is -0.117. The molecule has 0 aliphatic carbocycles. The summed E-state index contributed by atoms with van der Waals surface area (Å²) in [4.78, 5) is 13.0. The first-order chi connectivity index (χ1) is 13.3. The first-order valence-corrected chi connectivity index (χ1v) is 11.2. The summed E-state index contributed by atoms with van der Waals surface area (Å²) < 4.78 is 28.1. The molecule has 0 saturated carbocycles. The topological polar surface area (TPSA) is 75.3 Å². The zero-order chi connectivity index (χ0) is 20.1. The standard InChI is InChI=1S/C21H22N2O3S2/c1-15-10-11-18(16(2)13-15)22-21(24)19(14-17-7-4-3-5-8-17)23-28(25,26)20-9-6-12-27-20/h3-13,19,23H,14H2,1-2H3,(H,22,24)/t19-/m1/s1. The number of amides is 1. The molecule has 7 heteroatoms. The summed E-state index contributed by atoms with van der Waals surface area (Å²) in [7, 11) is -3.78. The van der Waals surface area contributed by atoms with E-state index in [4.69, 9.17) is 0 Å². The first kappa shape index (κ1) is 20.3. The van der Waals surface area contributed by atoms with Crippen LogP contribution in [0.5, 0.6) is 0 Å². The SMILES string of the molecule is Cc1ccc(NC(=O)[C@@H](Cc2ccccc2)NS(=O)(=O)c2cccs2)c(C)c1. The number of nitrogens with one attached hydrogen (secondary N) is 2. The van der Waals surface area contributed by atoms with Crippen LogP contribution in [0.1, 0.15) is 16.7 Å². The molecule has 1 amide bonds. The second kappa shape index (κ2) is 8.68. The van der Waals surface area contributed by atoms with Gasteiger partial charge in [0.15, 0.2) is 0 Å². The average molecular weight is 415 g/mol. The lowest BCUT2D eigenvalue weighted by Crippen LogP contribution is -2.45. The van der Waals surface area contributed by atoms with E-state index >= 15 is 0 Å². The fraction of sp³-hybridized carbons (Fsp3) is 0.190. The summed E-state index contributed by atoms with van der Waals surface area (Å²) in [6, 6.07) is 17.3. The molecular formula is C21H22N2O3S2. The molecule has 28 heavy (non-hydrogen) atoms. The number of thiophene rings is 1. The van der Waals surface area contributed by atoms with Gasteiger partial charge in [0.25, 0.3) is 10.0 Å². The number of benzene rings is 2. The number of carbonyl (C=O) groups excluding carboxylic acids is 1. The van der Waals surface area contributed by atoms with Crippen molar-refractivity contribution in [2.45, 2.75) is 30.5 Å². The molecule has 0 spiro atoms. The normalized spacial score (nSPS) is 12.5. The molecule has 0 aliphatic heterocycles. The van der Waals surface area contributed by atoms with E-state index in [1.807, 2.05) is 62.4 Å². The molecule has 0 unspecified atom stereocenters. The number of hydrogen-bond acceptors (Lipinski definition) is 4. The van der Waals surface area contributed by atoms with E-state index in [2.05, 4.69) is 10.0 Å². The van der Waals surface area contributed by atoms with Crippen LogP contribution >= 0.6 is 11.3 Å². The molecule has 1 aromatic heterocycles. The van der Waals surface area contributed by atoms with Crippen LogP contribution in [0, 0.1) is 13.8 Å². The fourth-order valence-electron chi connectivity index (χ4n) is 2.87. The highest BCUT2D eigenvalue weighted by molar-refractivity contribution is 7.91. The van der Waals surface area contributed by atoms with Crippen molar-refractivity contribution in [3.63, 3.8) is 0 Å². The van der Waals surface area contributed by atoms with Gasteiger partial charge in [-0.25, -0.2) is 8.42 Å². The number of anilines is 1. The monoisotopic (exact) mass is 414 g/mol. The highest BCUT2D eigenvalue weighted by atomic mass is 32.2. The highest BCUT2D eigenvalue weighted by Crippen LogP contribution is 2.19. The molecule has 146 valence electrons. The van der Waals surface area contributed by atoms with Crippen LogP contribution in [0.25, 0.3) is 0 Å². The Balaban J connectivity index is 1.85. The molecule has 5 nitrogen and oxygen atoms in total. The van der Waals surface area contributed by atoms with Crippen molar-refractivity contribution in [3.8, 4) is 0 Å². The van der Waals surface area contributed by atoms with Crippen LogP contribution in [-0.4, -0.2) is 20.4 Å². The Morgan fingerprint density at radius 1 is 1.04 bits per heavy atom. The van der Waals surface area contributed by atoms with Gasteiger partial charge in [-0.2, -0.15) is 4.72 Å². The minimum absolute atomic E-state index is 0.185. The average Bonchev–Trinajstić information content (AvgIpc) is 3.20. The van der Waals surface area contributed by atoms with Crippen molar-refractivity contribution in [1.82, 2.24) is 4.72 Å². The van der Waals surface area contributed by atoms with Crippen LogP contribution in [-0.2, 0) is 21.2 Å². The minimum Gasteiger partial charge on any atom is -0.324 e. The lowest BCUT2D eigenvalue weighted by Gasteiger charge is -2.19. The summed E-state index contributed by atoms with van der Waals surface area (Å²) in [5.41, 5.74) is 3.56. The minimum atomic E-state index is -3.78. The Morgan fingerprint density at radius 2 is 1.79 bits per heavy atom. The maximum Gasteiger partial charge on any atom is 0.250 e. The summed E-state index contributed by atoms with van der Waals surface area (Å²) in [5, 5.41) is 4.55. The molecule has 0 radical (unpaired) electrons. The van der Waals surface area contributed by atoms with E-state index in [1.165, 1.54) is 6.07 Å². The molecule has 0 bridgehead atoms. The number of carbonyl (C=O) groups is 1. The third kappa shape index (κ3) is 5.07. The van der Waals surface area contributed by atoms with Crippen molar-refractivity contribution in [1.29, 1.82) is 0 Å². The molecule has 3 aromatic rings. The van der Waals surface area contributed by atoms with Crippen LogP contribution < -0.4 is 10.0 Å². The second-order valence-electron chi connectivity index (χ2n) is 6.60. The van der Waals surface area contributed by atoms with E-state index in [1.54, 1.807) is 11.4 Å². The van der Waals surface area contributed by atoms with Crippen LogP contribution in [0.3, 0.4) is 0 Å². The number of rotatable bonds is 7. The molecule has 0 aliphatic rings. The Labute approximate surface area is 169 Å². The summed E-state index contributed by atoms with van der Waals surface area (Å²) >= 11 is 1.12. The quantitative estimate of drug-likeness (QED) is 0.616. The van der Waals surface area contributed by atoms with Crippen LogP contribution in [0.15, 0.2) is 70.3 Å². The van der Waals surface area contributed by atoms with Gasteiger partial charge in [-0.15, -0.1) is 11.3 Å². The highest BCUT2D eigenvalue weighted by Gasteiger charge is 2.27. The fourth-order valence-corrected chi connectivity index (χ4v) is 5.08. The Hall–Kier alpha value is -2.48. The molecule has 0 fully saturated rings. The van der Waals surface area contributed by atoms with Crippen molar-refractivity contribution in [2.24, 2.45) is 0 Å². The maximum atomic E-state index is 13.0. The molecule has 0 saturated heterocycles. The zero-order valence-corrected chi connectivity index (χ0v) is 17.3. The van der Waals surface area contributed by atoms with Gasteiger partial charge in [-0.1, -0.05) is 54.1 Å². The summed E-state index contributed by atoms with van der Waals surface area (Å²) in [6.07, 6.45) is 0.252. The molecule has 2 N–H and O–H groups in total. The van der Waals surface area contributed by atoms with Crippen molar-refractivity contribution in [2.75, 3.05) is 5.32 Å². The van der Waals surface area contributed by atoms with E-state index in [9.17, 15) is 13.2 Å². The van der Waals surface area contributed by atoms with E-state index < -0.39 is 22.0 Å². The van der Waals surface area contributed by atoms with E-state index in [-0.39, 0.29) is 10.6 Å². The number of hydrogen-bond donors (Lipinski definition) is 2. The Bertz CT molecular complexity index is 1050. The number of aryl methyl sites for hydroxylation is 2. The van der Waals surface area contributed by atoms with Gasteiger partial charge >= 0.3 is 0 Å². The summed E-state index contributed by atoms with van der Waals surface area (Å²) in [5.74, 6) is -0.393. The third-order valence-corrected chi connectivity index (χ3v) is 7.17. The Morgan fingerprint density at radius 3 is 2.43 bits per heavy atom. The lowest BCUT2D eigenvalue weighted by atomic mass is 10.1. The predicted octanol–water partition coefficient (Wildman–Crippen LogP) is 3.89. The smallest absolute Gasteiger partial charge is 0.250 e. The number of sulfonamides is 1. The van der Waals surface area contributed by atoms with Crippen LogP contribution in [0.4, 0.5) is 5.69 Å². The van der Waals surface area contributed by atoms with Crippen molar-refractivity contribution in [3.05, 3.63) is 82.7 Å². The van der Waals surface area contributed by atoms with E-state index in [0.717, 1.165) is 28.0 Å². The molecule has 1 atom stereocenters. The van der Waals surface area contributed by atoms with Crippen molar-refractivity contribution >= 4 is 33.0 Å². The van der Waals surface area contributed by atoms with Gasteiger partial charge in [0.05, 0.1) is 0 Å². The van der Waals surface area contributed by atoms with Gasteiger partial charge in [0.2, 0.25) is 5.91 Å². The predicted molar refractivity (Wildman–Crippen MR) is 113 cm³/mol. The van der Waals surface area contributed by atoms with Gasteiger partial charge in [-0.3, -0.25) is 4.79 Å². The Kier molecular flexibility index (Phi) is 6.28. The van der Waals surface area contributed by atoms with Gasteiger partial charge in [0, 0.05) is 5.69 Å². The third-order valence-electron chi connectivity index (χ3n) is 4.30. The zero-order valence-electron chi connectivity index (χ0n) is 15.7. The molecule has 3 rings (SSSR count). The largest absolute Gasteiger partial charge is 0.324 e. The molecule has 2 aromatic carbocycles. The second-order valence-corrected chi connectivity index (χ2v) is 9.49. The van der Waals surface area contributed by atoms with Crippen LogP contribution in [0.2, 0.25) is 0 Å². The van der Waals surface area contributed by atoms with E-state index in [0.29, 0.717) is 5.69 Å². The molecular weight excluding hydrogens is 392 g/mol. The molecule has 1 heterocycles. The van der Waals surface area contributed by atoms with Gasteiger partial charge < -0.3 is 5.32 Å². The van der Waals surface area contributed by atoms with Crippen molar-refractivity contribution < 1.29 is 13.2 Å². The van der Waals surface area contributed by atoms with Gasteiger partial charge in [0.1, 0.15) is 10.3 Å².